The summed E-state index contributed by atoms with van der Waals surface area (Å²) >= 11 is 5.83. The fraction of sp³-hybridized carbons (Fsp3) is 0.385. The first-order valence-electron chi connectivity index (χ1n) is 5.82. The SMILES string of the molecule is CC1(C)Cc2ncc(-c3cc(Cl)ncc3F)n2C1. The zero-order chi connectivity index (χ0) is 12.9. The highest BCUT2D eigenvalue weighted by atomic mass is 35.5. The summed E-state index contributed by atoms with van der Waals surface area (Å²) < 4.78 is 15.9. The Kier molecular flexibility index (Phi) is 2.45. The van der Waals surface area contributed by atoms with Gasteiger partial charge in [-0.3, -0.25) is 0 Å². The number of fused-ring (bicyclic) bond motifs is 1. The lowest BCUT2D eigenvalue weighted by Gasteiger charge is -2.16. The summed E-state index contributed by atoms with van der Waals surface area (Å²) in [4.78, 5) is 8.10. The van der Waals surface area contributed by atoms with Gasteiger partial charge in [0.05, 0.1) is 18.1 Å². The van der Waals surface area contributed by atoms with Crippen LogP contribution in [0.4, 0.5) is 4.39 Å². The molecule has 0 saturated carbocycles. The van der Waals surface area contributed by atoms with Crippen molar-refractivity contribution >= 4 is 11.6 Å². The van der Waals surface area contributed by atoms with Crippen LogP contribution in [-0.4, -0.2) is 14.5 Å². The Balaban J connectivity index is 2.13. The lowest BCUT2D eigenvalue weighted by Crippen LogP contribution is -2.13. The maximum Gasteiger partial charge on any atom is 0.150 e. The third-order valence-electron chi connectivity index (χ3n) is 3.26. The van der Waals surface area contributed by atoms with E-state index >= 15 is 0 Å². The van der Waals surface area contributed by atoms with Crippen molar-refractivity contribution in [2.24, 2.45) is 5.41 Å². The van der Waals surface area contributed by atoms with E-state index in [1.165, 1.54) is 0 Å². The molecule has 0 N–H and O–H groups in total. The van der Waals surface area contributed by atoms with Gasteiger partial charge in [0.15, 0.2) is 5.82 Å². The molecule has 0 bridgehead atoms. The molecule has 2 aromatic heterocycles. The van der Waals surface area contributed by atoms with E-state index in [1.54, 1.807) is 12.3 Å². The Morgan fingerprint density at radius 1 is 1.33 bits per heavy atom. The van der Waals surface area contributed by atoms with Crippen molar-refractivity contribution < 1.29 is 4.39 Å². The monoisotopic (exact) mass is 265 g/mol. The highest BCUT2D eigenvalue weighted by molar-refractivity contribution is 6.29. The first kappa shape index (κ1) is 11.7. The molecule has 1 aliphatic rings. The van der Waals surface area contributed by atoms with Gasteiger partial charge in [0, 0.05) is 18.5 Å². The number of aromatic nitrogens is 3. The average molecular weight is 266 g/mol. The van der Waals surface area contributed by atoms with Crippen LogP contribution in [0, 0.1) is 11.2 Å². The fourth-order valence-electron chi connectivity index (χ4n) is 2.47. The number of nitrogens with zero attached hydrogens (tertiary/aromatic N) is 3. The highest BCUT2D eigenvalue weighted by Gasteiger charge is 2.31. The molecule has 0 atom stereocenters. The maximum absolute atomic E-state index is 13.8. The van der Waals surface area contributed by atoms with Crippen molar-refractivity contribution in [3.05, 3.63) is 35.3 Å². The van der Waals surface area contributed by atoms with Crippen LogP contribution in [0.5, 0.6) is 0 Å². The van der Waals surface area contributed by atoms with E-state index in [0.717, 1.165) is 30.7 Å². The minimum Gasteiger partial charge on any atom is -0.327 e. The summed E-state index contributed by atoms with van der Waals surface area (Å²) in [7, 11) is 0. The number of halogens is 2. The van der Waals surface area contributed by atoms with Gasteiger partial charge in [-0.2, -0.15) is 0 Å². The number of hydrogen-bond acceptors (Lipinski definition) is 2. The second-order valence-corrected chi connectivity index (χ2v) is 5.86. The van der Waals surface area contributed by atoms with E-state index in [0.29, 0.717) is 10.7 Å². The Morgan fingerprint density at radius 3 is 2.89 bits per heavy atom. The molecule has 0 amide bonds. The average Bonchev–Trinajstić information content (AvgIpc) is 2.77. The van der Waals surface area contributed by atoms with Gasteiger partial charge in [-0.1, -0.05) is 25.4 Å². The summed E-state index contributed by atoms with van der Waals surface area (Å²) in [5.41, 5.74) is 1.41. The maximum atomic E-state index is 13.8. The lowest BCUT2D eigenvalue weighted by molar-refractivity contribution is 0.359. The molecule has 2 aromatic rings. The van der Waals surface area contributed by atoms with Crippen molar-refractivity contribution in [1.82, 2.24) is 14.5 Å². The smallest absolute Gasteiger partial charge is 0.150 e. The standard InChI is InChI=1S/C13H13ClFN3/c1-13(2)4-12-17-6-10(18(12)7-13)8-3-11(14)16-5-9(8)15/h3,5-6H,4,7H2,1-2H3. The molecule has 0 aromatic carbocycles. The molecular formula is C13H13ClFN3. The summed E-state index contributed by atoms with van der Waals surface area (Å²) in [6, 6.07) is 1.55. The van der Waals surface area contributed by atoms with E-state index in [4.69, 9.17) is 11.6 Å². The van der Waals surface area contributed by atoms with Gasteiger partial charge >= 0.3 is 0 Å². The molecule has 5 heteroatoms. The first-order valence-corrected chi connectivity index (χ1v) is 6.20. The molecule has 0 aliphatic carbocycles. The van der Waals surface area contributed by atoms with Gasteiger partial charge in [-0.15, -0.1) is 0 Å². The van der Waals surface area contributed by atoms with Gasteiger partial charge in [-0.05, 0) is 11.5 Å². The van der Waals surface area contributed by atoms with Gasteiger partial charge in [-0.25, -0.2) is 14.4 Å². The second kappa shape index (κ2) is 3.79. The van der Waals surface area contributed by atoms with E-state index in [2.05, 4.69) is 28.4 Å². The Bertz CT molecular complexity index is 619. The van der Waals surface area contributed by atoms with Crippen molar-refractivity contribution in [2.45, 2.75) is 26.8 Å². The largest absolute Gasteiger partial charge is 0.327 e. The van der Waals surface area contributed by atoms with Crippen LogP contribution in [0.15, 0.2) is 18.5 Å². The summed E-state index contributed by atoms with van der Waals surface area (Å²) in [6.07, 6.45) is 3.77. The van der Waals surface area contributed by atoms with E-state index in [-0.39, 0.29) is 11.2 Å². The fourth-order valence-corrected chi connectivity index (χ4v) is 2.63. The molecule has 0 saturated heterocycles. The van der Waals surface area contributed by atoms with Crippen molar-refractivity contribution in [3.8, 4) is 11.3 Å². The number of imidazole rings is 1. The lowest BCUT2D eigenvalue weighted by atomic mass is 9.92. The highest BCUT2D eigenvalue weighted by Crippen LogP contribution is 2.36. The molecular weight excluding hydrogens is 253 g/mol. The number of hydrogen-bond donors (Lipinski definition) is 0. The predicted molar refractivity (Wildman–Crippen MR) is 67.9 cm³/mol. The number of rotatable bonds is 1. The van der Waals surface area contributed by atoms with Crippen molar-refractivity contribution in [1.29, 1.82) is 0 Å². The van der Waals surface area contributed by atoms with Gasteiger partial charge in [0.1, 0.15) is 11.0 Å². The van der Waals surface area contributed by atoms with E-state index < -0.39 is 0 Å². The minimum atomic E-state index is -0.369. The molecule has 0 spiro atoms. The molecule has 18 heavy (non-hydrogen) atoms. The van der Waals surface area contributed by atoms with Gasteiger partial charge < -0.3 is 4.57 Å². The predicted octanol–water partition coefficient (Wildman–Crippen LogP) is 3.32. The van der Waals surface area contributed by atoms with Crippen LogP contribution in [0.25, 0.3) is 11.3 Å². The molecule has 3 rings (SSSR count). The first-order chi connectivity index (χ1) is 8.46. The Morgan fingerprint density at radius 2 is 2.11 bits per heavy atom. The van der Waals surface area contributed by atoms with Gasteiger partial charge in [0.25, 0.3) is 0 Å². The molecule has 0 unspecified atom stereocenters. The van der Waals surface area contributed by atoms with Crippen LogP contribution in [0.1, 0.15) is 19.7 Å². The molecule has 1 aliphatic heterocycles. The third-order valence-corrected chi connectivity index (χ3v) is 3.47. The quantitative estimate of drug-likeness (QED) is 0.741. The van der Waals surface area contributed by atoms with Crippen LogP contribution in [-0.2, 0) is 13.0 Å². The topological polar surface area (TPSA) is 30.7 Å². The Hall–Kier alpha value is -1.42. The van der Waals surface area contributed by atoms with E-state index in [9.17, 15) is 4.39 Å². The minimum absolute atomic E-state index is 0.172. The van der Waals surface area contributed by atoms with Crippen LogP contribution in [0.2, 0.25) is 5.15 Å². The van der Waals surface area contributed by atoms with Crippen LogP contribution >= 0.6 is 11.6 Å². The van der Waals surface area contributed by atoms with Crippen molar-refractivity contribution in [2.75, 3.05) is 0 Å². The number of pyridine rings is 1. The summed E-state index contributed by atoms with van der Waals surface area (Å²) in [5, 5.41) is 0.291. The molecule has 0 fully saturated rings. The Labute approximate surface area is 110 Å². The summed E-state index contributed by atoms with van der Waals surface area (Å²) in [5.74, 6) is 0.633. The normalized spacial score (nSPS) is 16.9. The molecule has 0 radical (unpaired) electrons. The van der Waals surface area contributed by atoms with Crippen molar-refractivity contribution in [3.63, 3.8) is 0 Å². The molecule has 94 valence electrons. The third kappa shape index (κ3) is 1.81. The molecule has 3 heterocycles. The van der Waals surface area contributed by atoms with Gasteiger partial charge in [0.2, 0.25) is 0 Å². The zero-order valence-electron chi connectivity index (χ0n) is 10.2. The zero-order valence-corrected chi connectivity index (χ0v) is 11.0. The molecule has 3 nitrogen and oxygen atoms in total. The van der Waals surface area contributed by atoms with Crippen LogP contribution in [0.3, 0.4) is 0 Å². The van der Waals surface area contributed by atoms with Crippen LogP contribution < -0.4 is 0 Å². The summed E-state index contributed by atoms with van der Waals surface area (Å²) in [6.45, 7) is 5.21. The second-order valence-electron chi connectivity index (χ2n) is 5.47. The van der Waals surface area contributed by atoms with E-state index in [1.807, 2.05) is 0 Å².